The van der Waals surface area contributed by atoms with E-state index in [1.165, 1.54) is 13.2 Å². The van der Waals surface area contributed by atoms with E-state index in [9.17, 15) is 9.67 Å². The molecule has 8 heteroatoms. The molecule has 0 spiro atoms. The van der Waals surface area contributed by atoms with Crippen molar-refractivity contribution in [3.05, 3.63) is 42.2 Å². The molecular formula is C20H29N2O5P. The summed E-state index contributed by atoms with van der Waals surface area (Å²) >= 11 is 0. The number of methoxy groups -OCH3 is 1. The van der Waals surface area contributed by atoms with Crippen LogP contribution in [-0.4, -0.2) is 22.9 Å². The van der Waals surface area contributed by atoms with Crippen LogP contribution in [0.3, 0.4) is 0 Å². The zero-order valence-electron chi connectivity index (χ0n) is 17.2. The Labute approximate surface area is 166 Å². The second kappa shape index (κ2) is 9.30. The van der Waals surface area contributed by atoms with Crippen LogP contribution in [0.4, 0.5) is 5.69 Å². The number of aryl methyl sites for hydroxylation is 1. The van der Waals surface area contributed by atoms with Crippen LogP contribution < -0.4 is 14.7 Å². The number of aromatic hydroxyl groups is 1. The number of benzene rings is 1. The highest BCUT2D eigenvalue weighted by atomic mass is 31.2. The number of nitrogens with one attached hydrogen (secondary N) is 1. The average molecular weight is 408 g/mol. The lowest BCUT2D eigenvalue weighted by Crippen LogP contribution is -2.27. The summed E-state index contributed by atoms with van der Waals surface area (Å²) in [6.07, 6.45) is 3.20. The number of pyridine rings is 1. The second-order valence-corrected chi connectivity index (χ2v) is 9.38. The molecule has 0 radical (unpaired) electrons. The third kappa shape index (κ3) is 5.18. The largest absolute Gasteiger partial charge is 0.504 e. The lowest BCUT2D eigenvalue weighted by atomic mass is 10.00. The molecular weight excluding hydrogens is 379 g/mol. The topological polar surface area (TPSA) is 89.9 Å². The van der Waals surface area contributed by atoms with Crippen molar-refractivity contribution in [1.29, 1.82) is 0 Å². The number of hydrogen-bond acceptors (Lipinski definition) is 7. The van der Waals surface area contributed by atoms with Crippen LogP contribution in [0.15, 0.2) is 36.7 Å². The summed E-state index contributed by atoms with van der Waals surface area (Å²) < 4.78 is 30.7. The number of rotatable bonds is 9. The monoisotopic (exact) mass is 408 g/mol. The summed E-state index contributed by atoms with van der Waals surface area (Å²) in [6.45, 7) is 9.65. The van der Waals surface area contributed by atoms with Crippen molar-refractivity contribution in [2.24, 2.45) is 11.8 Å². The number of phenols is 1. The molecule has 154 valence electrons. The van der Waals surface area contributed by atoms with E-state index in [-0.39, 0.29) is 29.0 Å². The minimum atomic E-state index is -3.67. The molecule has 1 heterocycles. The van der Waals surface area contributed by atoms with Gasteiger partial charge in [-0.15, -0.1) is 0 Å². The number of aromatic nitrogens is 1. The molecule has 2 aromatic rings. The smallest absolute Gasteiger partial charge is 0.403 e. The van der Waals surface area contributed by atoms with Gasteiger partial charge in [-0.1, -0.05) is 27.7 Å². The van der Waals surface area contributed by atoms with Gasteiger partial charge in [0.1, 0.15) is 5.75 Å². The zero-order chi connectivity index (χ0) is 20.9. The minimum absolute atomic E-state index is 0.0170. The zero-order valence-corrected chi connectivity index (χ0v) is 18.1. The van der Waals surface area contributed by atoms with Gasteiger partial charge in [0.2, 0.25) is 0 Å². The normalized spacial score (nSPS) is 13.6. The van der Waals surface area contributed by atoms with E-state index in [1.807, 2.05) is 27.7 Å². The van der Waals surface area contributed by atoms with Crippen molar-refractivity contribution in [2.75, 3.05) is 12.6 Å². The molecule has 1 atom stereocenters. The Bertz CT molecular complexity index is 819. The summed E-state index contributed by atoms with van der Waals surface area (Å²) in [6, 6.07) is 6.61. The van der Waals surface area contributed by atoms with Crippen LogP contribution >= 0.6 is 7.60 Å². The summed E-state index contributed by atoms with van der Waals surface area (Å²) in [5, 5.41) is 10.1. The highest BCUT2D eigenvalue weighted by molar-refractivity contribution is 7.55. The Morgan fingerprint density at radius 3 is 2.39 bits per heavy atom. The van der Waals surface area contributed by atoms with Crippen molar-refractivity contribution >= 4 is 13.3 Å². The molecule has 0 saturated heterocycles. The third-order valence-corrected chi connectivity index (χ3v) is 7.11. The molecule has 0 saturated carbocycles. The Hall–Kier alpha value is -2.24. The van der Waals surface area contributed by atoms with Crippen molar-refractivity contribution in [1.82, 2.24) is 4.98 Å². The molecule has 0 aliphatic heterocycles. The maximum Gasteiger partial charge on any atom is 0.403 e. The first-order valence-corrected chi connectivity index (χ1v) is 10.8. The molecule has 2 rings (SSSR count). The summed E-state index contributed by atoms with van der Waals surface area (Å²) in [5.41, 5.74) is 3.47. The van der Waals surface area contributed by atoms with Gasteiger partial charge in [0.15, 0.2) is 11.5 Å². The molecule has 0 amide bonds. The van der Waals surface area contributed by atoms with E-state index >= 15 is 0 Å². The van der Waals surface area contributed by atoms with Gasteiger partial charge in [0, 0.05) is 12.3 Å². The third-order valence-electron chi connectivity index (χ3n) is 4.38. The molecule has 0 aliphatic rings. The van der Waals surface area contributed by atoms with Crippen molar-refractivity contribution in [3.8, 4) is 17.2 Å². The fraction of sp³-hybridized carbons (Fsp3) is 0.450. The van der Waals surface area contributed by atoms with Crippen LogP contribution in [0.2, 0.25) is 0 Å². The Morgan fingerprint density at radius 2 is 1.86 bits per heavy atom. The number of hydrogen-bond donors (Lipinski definition) is 2. The maximum absolute atomic E-state index is 13.9. The quantitative estimate of drug-likeness (QED) is 0.424. The molecule has 0 fully saturated rings. The standard InChI is InChI=1S/C20H29N2O5P/c1-13(2)20(14(3)4)28(24,27-22-16-8-7-9-21-12-16)26-17-10-15(5)19(23)18(11-17)25-6/h7-14,20,22-23H,1-6H3. The van der Waals surface area contributed by atoms with Crippen molar-refractivity contribution in [2.45, 2.75) is 40.3 Å². The molecule has 7 nitrogen and oxygen atoms in total. The number of nitrogens with zero attached hydrogens (tertiary/aromatic N) is 1. The molecule has 1 unspecified atom stereocenters. The predicted molar refractivity (Wildman–Crippen MR) is 110 cm³/mol. The summed E-state index contributed by atoms with van der Waals surface area (Å²) in [5.74, 6) is 0.647. The van der Waals surface area contributed by atoms with E-state index in [2.05, 4.69) is 10.5 Å². The van der Waals surface area contributed by atoms with Gasteiger partial charge in [-0.2, -0.15) is 4.62 Å². The first-order valence-electron chi connectivity index (χ1n) is 9.19. The SMILES string of the molecule is COc1cc(OP(=O)(ONc2cccnc2)C(C(C)C)C(C)C)cc(C)c1O. The highest BCUT2D eigenvalue weighted by Gasteiger charge is 2.42. The number of anilines is 1. The van der Waals surface area contributed by atoms with Gasteiger partial charge in [0.25, 0.3) is 0 Å². The molecule has 0 aliphatic carbocycles. The Balaban J connectivity index is 2.40. The van der Waals surface area contributed by atoms with Gasteiger partial charge in [-0.05, 0) is 42.5 Å². The van der Waals surface area contributed by atoms with E-state index in [0.29, 0.717) is 17.0 Å². The average Bonchev–Trinajstić information content (AvgIpc) is 2.63. The summed E-state index contributed by atoms with van der Waals surface area (Å²) in [7, 11) is -2.22. The van der Waals surface area contributed by atoms with Crippen LogP contribution in [-0.2, 0) is 9.19 Å². The van der Waals surface area contributed by atoms with Crippen LogP contribution in [0.25, 0.3) is 0 Å². The Morgan fingerprint density at radius 1 is 1.18 bits per heavy atom. The van der Waals surface area contributed by atoms with Gasteiger partial charge in [0.05, 0.1) is 24.7 Å². The fourth-order valence-corrected chi connectivity index (χ4v) is 5.62. The van der Waals surface area contributed by atoms with Crippen molar-refractivity contribution < 1.29 is 23.6 Å². The van der Waals surface area contributed by atoms with E-state index in [4.69, 9.17) is 13.9 Å². The summed E-state index contributed by atoms with van der Waals surface area (Å²) in [4.78, 5) is 4.01. The van der Waals surface area contributed by atoms with Gasteiger partial charge in [-0.25, -0.2) is 4.57 Å². The maximum atomic E-state index is 13.9. The van der Waals surface area contributed by atoms with Crippen LogP contribution in [0, 0.1) is 18.8 Å². The fourth-order valence-electron chi connectivity index (χ4n) is 3.25. The van der Waals surface area contributed by atoms with E-state index in [1.54, 1.807) is 37.5 Å². The number of ether oxygens (including phenoxy) is 1. The molecule has 28 heavy (non-hydrogen) atoms. The molecule has 0 bridgehead atoms. The van der Waals surface area contributed by atoms with Crippen LogP contribution in [0.5, 0.6) is 17.2 Å². The second-order valence-electron chi connectivity index (χ2n) is 7.34. The molecule has 1 aromatic carbocycles. The lowest BCUT2D eigenvalue weighted by molar-refractivity contribution is 0.279. The first-order chi connectivity index (χ1) is 13.2. The van der Waals surface area contributed by atoms with E-state index < -0.39 is 7.60 Å². The van der Waals surface area contributed by atoms with Crippen LogP contribution in [0.1, 0.15) is 33.3 Å². The highest BCUT2D eigenvalue weighted by Crippen LogP contribution is 2.58. The van der Waals surface area contributed by atoms with E-state index in [0.717, 1.165) is 0 Å². The van der Waals surface area contributed by atoms with Gasteiger partial charge in [-0.3, -0.25) is 10.5 Å². The first kappa shape index (κ1) is 22.1. The van der Waals surface area contributed by atoms with Crippen molar-refractivity contribution in [3.63, 3.8) is 0 Å². The predicted octanol–water partition coefficient (Wildman–Crippen LogP) is 5.40. The Kier molecular flexibility index (Phi) is 7.33. The van der Waals surface area contributed by atoms with Gasteiger partial charge < -0.3 is 14.4 Å². The minimum Gasteiger partial charge on any atom is -0.504 e. The molecule has 2 N–H and O–H groups in total. The lowest BCUT2D eigenvalue weighted by Gasteiger charge is -2.32. The van der Waals surface area contributed by atoms with Gasteiger partial charge >= 0.3 is 7.60 Å². The number of phenolic OH excluding ortho intramolecular Hbond substituents is 1. The molecule has 1 aromatic heterocycles.